The standard InChI is InChI=1S/C6H13NO5S/c1-6(8,13(9,10)11)7-2-4-12-5-3-7/h8H,2-5H2,1H3,(H,9,10,11). The molecule has 0 aromatic heterocycles. The molecule has 0 aliphatic carbocycles. The minimum atomic E-state index is -4.48. The Morgan fingerprint density at radius 1 is 1.38 bits per heavy atom. The lowest BCUT2D eigenvalue weighted by Gasteiger charge is -2.36. The second kappa shape index (κ2) is 3.50. The second-order valence-electron chi connectivity index (χ2n) is 3.01. The van der Waals surface area contributed by atoms with E-state index in [1.807, 2.05) is 0 Å². The molecule has 0 saturated carbocycles. The highest BCUT2D eigenvalue weighted by Gasteiger charge is 2.42. The quantitative estimate of drug-likeness (QED) is 0.562. The third kappa shape index (κ3) is 2.18. The molecule has 0 spiro atoms. The van der Waals surface area contributed by atoms with Gasteiger partial charge >= 0.3 is 10.1 Å². The molecule has 1 aliphatic heterocycles. The van der Waals surface area contributed by atoms with E-state index in [0.29, 0.717) is 13.2 Å². The van der Waals surface area contributed by atoms with Gasteiger partial charge in [-0.1, -0.05) is 0 Å². The molecule has 0 bridgehead atoms. The summed E-state index contributed by atoms with van der Waals surface area (Å²) in [6.45, 7) is 2.32. The molecule has 1 fully saturated rings. The van der Waals surface area contributed by atoms with Gasteiger partial charge in [0.15, 0.2) is 0 Å². The van der Waals surface area contributed by atoms with E-state index < -0.39 is 15.2 Å². The van der Waals surface area contributed by atoms with Crippen molar-refractivity contribution in [2.45, 2.75) is 12.0 Å². The summed E-state index contributed by atoms with van der Waals surface area (Å²) in [5.41, 5.74) is 0. The lowest BCUT2D eigenvalue weighted by Crippen LogP contribution is -2.55. The number of nitrogens with zero attached hydrogens (tertiary/aromatic N) is 1. The Bertz CT molecular complexity index is 267. The first-order valence-electron chi connectivity index (χ1n) is 3.88. The van der Waals surface area contributed by atoms with Crippen molar-refractivity contribution < 1.29 is 22.8 Å². The van der Waals surface area contributed by atoms with E-state index in [9.17, 15) is 13.5 Å². The summed E-state index contributed by atoms with van der Waals surface area (Å²) in [4.78, 5) is 1.26. The van der Waals surface area contributed by atoms with Gasteiger partial charge in [0.1, 0.15) is 0 Å². The fourth-order valence-electron chi connectivity index (χ4n) is 1.14. The average Bonchev–Trinajstić information content (AvgIpc) is 2.04. The van der Waals surface area contributed by atoms with Crippen molar-refractivity contribution in [3.05, 3.63) is 0 Å². The number of morpholine rings is 1. The Labute approximate surface area is 76.9 Å². The summed E-state index contributed by atoms with van der Waals surface area (Å²) in [6.07, 6.45) is 0. The van der Waals surface area contributed by atoms with Crippen molar-refractivity contribution in [2.24, 2.45) is 0 Å². The van der Waals surface area contributed by atoms with Gasteiger partial charge in [-0.15, -0.1) is 0 Å². The van der Waals surface area contributed by atoms with Crippen LogP contribution in [-0.2, 0) is 14.9 Å². The summed E-state index contributed by atoms with van der Waals surface area (Å²) in [6, 6.07) is 0. The van der Waals surface area contributed by atoms with Gasteiger partial charge in [0, 0.05) is 13.1 Å². The minimum absolute atomic E-state index is 0.285. The van der Waals surface area contributed by atoms with Gasteiger partial charge in [0.2, 0.25) is 5.06 Å². The molecule has 1 heterocycles. The van der Waals surface area contributed by atoms with Gasteiger partial charge < -0.3 is 9.84 Å². The van der Waals surface area contributed by atoms with Gasteiger partial charge in [-0.3, -0.25) is 9.45 Å². The summed E-state index contributed by atoms with van der Waals surface area (Å²) in [5.74, 6) is 0. The van der Waals surface area contributed by atoms with Gasteiger partial charge in [-0.25, -0.2) is 0 Å². The maximum absolute atomic E-state index is 10.8. The predicted molar refractivity (Wildman–Crippen MR) is 44.6 cm³/mol. The second-order valence-corrected chi connectivity index (χ2v) is 4.73. The first-order valence-corrected chi connectivity index (χ1v) is 5.32. The monoisotopic (exact) mass is 211 g/mol. The topological polar surface area (TPSA) is 87.1 Å². The zero-order chi connectivity index (χ0) is 10.1. The summed E-state index contributed by atoms with van der Waals surface area (Å²) in [5, 5.41) is 7.30. The maximum atomic E-state index is 10.8. The van der Waals surface area contributed by atoms with Crippen LogP contribution in [0.1, 0.15) is 6.92 Å². The minimum Gasteiger partial charge on any atom is -0.379 e. The fourth-order valence-corrected chi connectivity index (χ4v) is 1.65. The molecule has 0 aromatic rings. The zero-order valence-electron chi connectivity index (χ0n) is 7.30. The summed E-state index contributed by atoms with van der Waals surface area (Å²) < 4.78 is 35.3. The highest BCUT2D eigenvalue weighted by Crippen LogP contribution is 2.18. The van der Waals surface area contributed by atoms with Crippen molar-refractivity contribution >= 4 is 10.1 Å². The summed E-state index contributed by atoms with van der Waals surface area (Å²) >= 11 is 0. The van der Waals surface area contributed by atoms with Crippen LogP contribution in [0.3, 0.4) is 0 Å². The Morgan fingerprint density at radius 3 is 2.23 bits per heavy atom. The molecule has 2 N–H and O–H groups in total. The van der Waals surface area contributed by atoms with E-state index in [-0.39, 0.29) is 13.1 Å². The fraction of sp³-hybridized carbons (Fsp3) is 1.00. The molecule has 7 heteroatoms. The SMILES string of the molecule is CC(O)(N1CCOCC1)S(=O)(=O)O. The molecule has 1 unspecified atom stereocenters. The van der Waals surface area contributed by atoms with E-state index in [2.05, 4.69) is 0 Å². The average molecular weight is 211 g/mol. The van der Waals surface area contributed by atoms with Crippen LogP contribution in [0.5, 0.6) is 0 Å². The first kappa shape index (κ1) is 10.9. The van der Waals surface area contributed by atoms with E-state index in [0.717, 1.165) is 6.92 Å². The van der Waals surface area contributed by atoms with Gasteiger partial charge in [0.25, 0.3) is 0 Å². The lowest BCUT2D eigenvalue weighted by molar-refractivity contribution is -0.0797. The van der Waals surface area contributed by atoms with Crippen LogP contribution in [0.15, 0.2) is 0 Å². The zero-order valence-corrected chi connectivity index (χ0v) is 8.12. The van der Waals surface area contributed by atoms with Crippen LogP contribution in [0.2, 0.25) is 0 Å². The number of ether oxygens (including phenoxy) is 1. The third-order valence-corrected chi connectivity index (χ3v) is 3.32. The Kier molecular flexibility index (Phi) is 2.93. The van der Waals surface area contributed by atoms with E-state index in [4.69, 9.17) is 9.29 Å². The number of aliphatic hydroxyl groups is 1. The predicted octanol–water partition coefficient (Wildman–Crippen LogP) is -1.13. The van der Waals surface area contributed by atoms with E-state index in [1.165, 1.54) is 4.90 Å². The van der Waals surface area contributed by atoms with Gasteiger partial charge in [0.05, 0.1) is 13.2 Å². The maximum Gasteiger partial charge on any atom is 0.309 e. The van der Waals surface area contributed by atoms with Crippen LogP contribution in [-0.4, -0.2) is 54.3 Å². The highest BCUT2D eigenvalue weighted by atomic mass is 32.2. The van der Waals surface area contributed by atoms with Gasteiger partial charge in [-0.05, 0) is 6.92 Å². The van der Waals surface area contributed by atoms with Crippen molar-refractivity contribution in [1.82, 2.24) is 4.90 Å². The van der Waals surface area contributed by atoms with Crippen LogP contribution in [0.25, 0.3) is 0 Å². The van der Waals surface area contributed by atoms with Crippen LogP contribution in [0, 0.1) is 0 Å². The van der Waals surface area contributed by atoms with Crippen molar-refractivity contribution in [3.63, 3.8) is 0 Å². The molecule has 1 atom stereocenters. The molecule has 1 rings (SSSR count). The number of rotatable bonds is 2. The normalized spacial score (nSPS) is 25.5. The van der Waals surface area contributed by atoms with Crippen LogP contribution >= 0.6 is 0 Å². The summed E-state index contributed by atoms with van der Waals surface area (Å²) in [7, 11) is -4.48. The molecule has 1 aliphatic rings. The smallest absolute Gasteiger partial charge is 0.309 e. The van der Waals surface area contributed by atoms with Gasteiger partial charge in [-0.2, -0.15) is 8.42 Å². The molecular weight excluding hydrogens is 198 g/mol. The van der Waals surface area contributed by atoms with Crippen LogP contribution in [0.4, 0.5) is 0 Å². The number of hydrogen-bond donors (Lipinski definition) is 2. The molecule has 1 saturated heterocycles. The molecule has 6 nitrogen and oxygen atoms in total. The molecule has 78 valence electrons. The van der Waals surface area contributed by atoms with Crippen molar-refractivity contribution in [3.8, 4) is 0 Å². The highest BCUT2D eigenvalue weighted by molar-refractivity contribution is 7.86. The van der Waals surface area contributed by atoms with Crippen molar-refractivity contribution in [2.75, 3.05) is 26.3 Å². The third-order valence-electron chi connectivity index (χ3n) is 2.09. The largest absolute Gasteiger partial charge is 0.379 e. The molecule has 13 heavy (non-hydrogen) atoms. The van der Waals surface area contributed by atoms with Crippen molar-refractivity contribution in [1.29, 1.82) is 0 Å². The molecular formula is C6H13NO5S. The first-order chi connectivity index (χ1) is 5.86. The van der Waals surface area contributed by atoms with Crippen LogP contribution < -0.4 is 0 Å². The molecule has 0 amide bonds. The molecule has 0 aromatic carbocycles. The molecule has 0 radical (unpaired) electrons. The Balaban J connectivity index is 2.79. The van der Waals surface area contributed by atoms with E-state index in [1.54, 1.807) is 0 Å². The lowest BCUT2D eigenvalue weighted by atomic mass is 10.4. The van der Waals surface area contributed by atoms with E-state index >= 15 is 0 Å². The number of hydrogen-bond acceptors (Lipinski definition) is 5. The Hall–Kier alpha value is -0.210. The Morgan fingerprint density at radius 2 is 1.85 bits per heavy atom.